The molecule has 1 unspecified atom stereocenters. The summed E-state index contributed by atoms with van der Waals surface area (Å²) in [4.78, 5) is 4.36. The largest absolute Gasteiger partial charge is 0.493 e. The highest BCUT2D eigenvalue weighted by Crippen LogP contribution is 2.34. The highest BCUT2D eigenvalue weighted by Gasteiger charge is 2.21. The van der Waals surface area contributed by atoms with E-state index >= 15 is 0 Å². The Hall–Kier alpha value is -2.33. The topological polar surface area (TPSA) is 47.3 Å². The van der Waals surface area contributed by atoms with Crippen molar-refractivity contribution in [1.82, 2.24) is 9.55 Å². The van der Waals surface area contributed by atoms with Crippen molar-refractivity contribution in [1.29, 1.82) is 0 Å². The number of para-hydroxylation sites is 3. The molecule has 4 rings (SSSR count). The molecule has 1 aromatic heterocycles. The van der Waals surface area contributed by atoms with Gasteiger partial charge in [-0.1, -0.05) is 30.3 Å². The highest BCUT2D eigenvalue weighted by molar-refractivity contribution is 5.74. The second-order valence-corrected chi connectivity index (χ2v) is 5.34. The number of imidazole rings is 1. The van der Waals surface area contributed by atoms with Crippen LogP contribution in [0, 0.1) is 0 Å². The van der Waals surface area contributed by atoms with Crippen molar-refractivity contribution >= 4 is 11.0 Å². The van der Waals surface area contributed by atoms with E-state index in [9.17, 15) is 5.11 Å². The molecule has 0 saturated heterocycles. The molecule has 0 fully saturated rings. The molecule has 4 heteroatoms. The van der Waals surface area contributed by atoms with Crippen LogP contribution in [0.15, 0.2) is 48.8 Å². The van der Waals surface area contributed by atoms with Gasteiger partial charge in [-0.2, -0.15) is 0 Å². The quantitative estimate of drug-likeness (QED) is 0.802. The standard InChI is InChI=1S/C17H16N2O2/c20-16(13-5-3-4-12-8-9-21-17(12)13)10-19-11-18-14-6-1-2-7-15(14)19/h1-7,11,16,20H,8-10H2. The first-order chi connectivity index (χ1) is 10.3. The zero-order chi connectivity index (χ0) is 14.2. The smallest absolute Gasteiger partial charge is 0.128 e. The Morgan fingerprint density at radius 2 is 2.10 bits per heavy atom. The van der Waals surface area contributed by atoms with Crippen molar-refractivity contribution in [3.05, 3.63) is 59.9 Å². The van der Waals surface area contributed by atoms with Crippen LogP contribution in [-0.2, 0) is 13.0 Å². The monoisotopic (exact) mass is 280 g/mol. The van der Waals surface area contributed by atoms with E-state index in [-0.39, 0.29) is 0 Å². The van der Waals surface area contributed by atoms with E-state index in [1.165, 1.54) is 5.56 Å². The molecular formula is C17H16N2O2. The van der Waals surface area contributed by atoms with E-state index in [0.717, 1.165) is 28.8 Å². The molecule has 0 spiro atoms. The van der Waals surface area contributed by atoms with Gasteiger partial charge in [-0.25, -0.2) is 4.98 Å². The van der Waals surface area contributed by atoms with Crippen molar-refractivity contribution in [2.75, 3.05) is 6.61 Å². The number of rotatable bonds is 3. The van der Waals surface area contributed by atoms with Gasteiger partial charge >= 0.3 is 0 Å². The zero-order valence-corrected chi connectivity index (χ0v) is 11.6. The average molecular weight is 280 g/mol. The summed E-state index contributed by atoms with van der Waals surface area (Å²) in [5.74, 6) is 0.856. The second-order valence-electron chi connectivity index (χ2n) is 5.34. The number of nitrogens with zero attached hydrogens (tertiary/aromatic N) is 2. The van der Waals surface area contributed by atoms with E-state index < -0.39 is 6.10 Å². The maximum Gasteiger partial charge on any atom is 0.128 e. The number of hydrogen-bond acceptors (Lipinski definition) is 3. The van der Waals surface area contributed by atoms with Gasteiger partial charge in [0.1, 0.15) is 11.9 Å². The Morgan fingerprint density at radius 1 is 1.19 bits per heavy atom. The van der Waals surface area contributed by atoms with E-state index in [2.05, 4.69) is 11.1 Å². The van der Waals surface area contributed by atoms with E-state index in [1.54, 1.807) is 6.33 Å². The summed E-state index contributed by atoms with van der Waals surface area (Å²) in [6.45, 7) is 1.17. The van der Waals surface area contributed by atoms with Gasteiger partial charge in [0.25, 0.3) is 0 Å². The van der Waals surface area contributed by atoms with Crippen LogP contribution in [0.25, 0.3) is 11.0 Å². The molecule has 4 nitrogen and oxygen atoms in total. The number of hydrogen-bond donors (Lipinski definition) is 1. The summed E-state index contributed by atoms with van der Waals surface area (Å²) in [6.07, 6.45) is 2.09. The van der Waals surface area contributed by atoms with Crippen LogP contribution in [0.2, 0.25) is 0 Å². The molecule has 0 radical (unpaired) electrons. The van der Waals surface area contributed by atoms with Gasteiger partial charge in [0, 0.05) is 12.0 Å². The first-order valence-corrected chi connectivity index (χ1v) is 7.15. The molecule has 1 atom stereocenters. The molecule has 106 valence electrons. The van der Waals surface area contributed by atoms with Gasteiger partial charge in [-0.05, 0) is 17.7 Å². The summed E-state index contributed by atoms with van der Waals surface area (Å²) in [5.41, 5.74) is 4.02. The molecular weight excluding hydrogens is 264 g/mol. The van der Waals surface area contributed by atoms with Crippen LogP contribution < -0.4 is 4.74 Å². The fourth-order valence-corrected chi connectivity index (χ4v) is 2.94. The Balaban J connectivity index is 1.67. The zero-order valence-electron chi connectivity index (χ0n) is 11.6. The van der Waals surface area contributed by atoms with Crippen LogP contribution in [0.1, 0.15) is 17.2 Å². The van der Waals surface area contributed by atoms with Crippen molar-refractivity contribution in [2.45, 2.75) is 19.1 Å². The summed E-state index contributed by atoms with van der Waals surface area (Å²) < 4.78 is 7.65. The number of fused-ring (bicyclic) bond motifs is 2. The molecule has 2 heterocycles. The number of ether oxygens (including phenoxy) is 1. The Kier molecular flexibility index (Phi) is 2.89. The van der Waals surface area contributed by atoms with Crippen LogP contribution in [0.5, 0.6) is 5.75 Å². The SMILES string of the molecule is OC(Cn1cnc2ccccc21)c1cccc2c1OCC2. The lowest BCUT2D eigenvalue weighted by Gasteiger charge is -2.15. The van der Waals surface area contributed by atoms with Crippen molar-refractivity contribution in [3.63, 3.8) is 0 Å². The fourth-order valence-electron chi connectivity index (χ4n) is 2.94. The van der Waals surface area contributed by atoms with Crippen LogP contribution in [0.4, 0.5) is 0 Å². The van der Waals surface area contributed by atoms with E-state index in [1.807, 2.05) is 41.0 Å². The predicted molar refractivity (Wildman–Crippen MR) is 80.3 cm³/mol. The minimum Gasteiger partial charge on any atom is -0.493 e. The van der Waals surface area contributed by atoms with Crippen molar-refractivity contribution in [3.8, 4) is 5.75 Å². The summed E-state index contributed by atoms with van der Waals surface area (Å²) >= 11 is 0. The van der Waals surface area contributed by atoms with Crippen molar-refractivity contribution in [2.24, 2.45) is 0 Å². The Bertz CT molecular complexity index is 794. The minimum absolute atomic E-state index is 0.473. The maximum absolute atomic E-state index is 10.6. The van der Waals surface area contributed by atoms with Gasteiger partial charge < -0.3 is 14.4 Å². The van der Waals surface area contributed by atoms with Gasteiger partial charge in [0.15, 0.2) is 0 Å². The lowest BCUT2D eigenvalue weighted by Crippen LogP contribution is -2.09. The first-order valence-electron chi connectivity index (χ1n) is 7.15. The summed E-state index contributed by atoms with van der Waals surface area (Å²) in [6, 6.07) is 13.9. The third-order valence-corrected chi connectivity index (χ3v) is 4.00. The molecule has 1 N–H and O–H groups in total. The molecule has 0 amide bonds. The number of aliphatic hydroxyl groups is 1. The number of aliphatic hydroxyl groups excluding tert-OH is 1. The summed E-state index contributed by atoms with van der Waals surface area (Å²) in [5, 5.41) is 10.6. The Morgan fingerprint density at radius 3 is 3.05 bits per heavy atom. The molecule has 0 aliphatic carbocycles. The molecule has 2 aromatic carbocycles. The molecule has 1 aliphatic rings. The predicted octanol–water partition coefficient (Wildman–Crippen LogP) is 2.70. The summed E-state index contributed by atoms with van der Waals surface area (Å²) in [7, 11) is 0. The molecule has 0 bridgehead atoms. The van der Waals surface area contributed by atoms with Crippen LogP contribution in [0.3, 0.4) is 0 Å². The van der Waals surface area contributed by atoms with Gasteiger partial charge in [0.05, 0.1) is 30.5 Å². The lowest BCUT2D eigenvalue weighted by atomic mass is 10.0. The Labute approximate surface area is 122 Å². The van der Waals surface area contributed by atoms with E-state index in [0.29, 0.717) is 13.2 Å². The third kappa shape index (κ3) is 2.08. The lowest BCUT2D eigenvalue weighted by molar-refractivity contribution is 0.153. The molecule has 21 heavy (non-hydrogen) atoms. The maximum atomic E-state index is 10.6. The molecule has 1 aliphatic heterocycles. The fraction of sp³-hybridized carbons (Fsp3) is 0.235. The van der Waals surface area contributed by atoms with Crippen molar-refractivity contribution < 1.29 is 9.84 Å². The van der Waals surface area contributed by atoms with Gasteiger partial charge in [-0.15, -0.1) is 0 Å². The third-order valence-electron chi connectivity index (χ3n) is 4.00. The minimum atomic E-state index is -0.601. The normalized spacial score (nSPS) is 14.9. The highest BCUT2D eigenvalue weighted by atomic mass is 16.5. The molecule has 0 saturated carbocycles. The number of aromatic nitrogens is 2. The second kappa shape index (κ2) is 4.90. The van der Waals surface area contributed by atoms with Gasteiger partial charge in [-0.3, -0.25) is 0 Å². The van der Waals surface area contributed by atoms with Crippen LogP contribution >= 0.6 is 0 Å². The van der Waals surface area contributed by atoms with Gasteiger partial charge in [0.2, 0.25) is 0 Å². The first kappa shape index (κ1) is 12.4. The number of benzene rings is 2. The average Bonchev–Trinajstić information content (AvgIpc) is 3.14. The van der Waals surface area contributed by atoms with Crippen LogP contribution in [-0.4, -0.2) is 21.3 Å². The molecule has 3 aromatic rings. The van der Waals surface area contributed by atoms with E-state index in [4.69, 9.17) is 4.74 Å².